The van der Waals surface area contributed by atoms with Crippen molar-refractivity contribution < 1.29 is 13.5 Å². The molecule has 0 bridgehead atoms. The van der Waals surface area contributed by atoms with Gasteiger partial charge in [0.15, 0.2) is 0 Å². The van der Waals surface area contributed by atoms with Gasteiger partial charge in [-0.3, -0.25) is 4.98 Å². The highest BCUT2D eigenvalue weighted by atomic mass is 19.1. The summed E-state index contributed by atoms with van der Waals surface area (Å²) in [7, 11) is 0. The van der Waals surface area contributed by atoms with Crippen LogP contribution in [0, 0.1) is 11.6 Å². The number of pyridine rings is 1. The van der Waals surface area contributed by atoms with Crippen LogP contribution >= 0.6 is 0 Å². The average molecular weight is 157 g/mol. The lowest BCUT2D eigenvalue weighted by atomic mass is 10.2. The minimum absolute atomic E-state index is 0.000000000000000222. The topological polar surface area (TPSA) is 25.4 Å². The summed E-state index contributed by atoms with van der Waals surface area (Å²) in [4.78, 5) is 3.35. The van der Waals surface area contributed by atoms with E-state index in [4.69, 9.17) is 4.74 Å². The highest BCUT2D eigenvalue weighted by Gasteiger charge is 2.31. The van der Waals surface area contributed by atoms with E-state index < -0.39 is 17.7 Å². The summed E-state index contributed by atoms with van der Waals surface area (Å²) in [5.41, 5.74) is 0.000000000000000222. The summed E-state index contributed by atoms with van der Waals surface area (Å²) in [6.07, 6.45) is 1.58. The number of halogens is 2. The summed E-state index contributed by atoms with van der Waals surface area (Å²) in [5.74, 6) is -1.26. The zero-order valence-electron chi connectivity index (χ0n) is 5.55. The van der Waals surface area contributed by atoms with Crippen molar-refractivity contribution in [1.29, 1.82) is 0 Å². The third kappa shape index (κ3) is 1.09. The van der Waals surface area contributed by atoms with E-state index in [1.54, 1.807) is 0 Å². The molecule has 1 aliphatic heterocycles. The molecule has 4 heteroatoms. The first-order chi connectivity index (χ1) is 5.29. The molecule has 0 aromatic carbocycles. The molecule has 0 N–H and O–H groups in total. The van der Waals surface area contributed by atoms with Gasteiger partial charge < -0.3 is 4.74 Å². The van der Waals surface area contributed by atoms with Gasteiger partial charge in [0.25, 0.3) is 0 Å². The quantitative estimate of drug-likeness (QED) is 0.576. The molecule has 1 unspecified atom stereocenters. The van der Waals surface area contributed by atoms with Crippen LogP contribution in [0.3, 0.4) is 0 Å². The molecule has 2 nitrogen and oxygen atoms in total. The van der Waals surface area contributed by atoms with Gasteiger partial charge >= 0.3 is 0 Å². The van der Waals surface area contributed by atoms with Gasteiger partial charge in [-0.25, -0.2) is 8.78 Å². The molecule has 1 fully saturated rings. The molecule has 2 heterocycles. The van der Waals surface area contributed by atoms with Crippen molar-refractivity contribution >= 4 is 0 Å². The summed E-state index contributed by atoms with van der Waals surface area (Å²) in [6.45, 7) is 0.401. The summed E-state index contributed by atoms with van der Waals surface area (Å²) in [5, 5.41) is 0. The van der Waals surface area contributed by atoms with Crippen LogP contribution < -0.4 is 0 Å². The molecular weight excluding hydrogens is 152 g/mol. The second kappa shape index (κ2) is 2.23. The van der Waals surface area contributed by atoms with Gasteiger partial charge in [-0.1, -0.05) is 0 Å². The minimum atomic E-state index is -0.632. The van der Waals surface area contributed by atoms with Crippen LogP contribution in [0.25, 0.3) is 0 Å². The van der Waals surface area contributed by atoms with Crippen LogP contribution in [0.15, 0.2) is 12.4 Å². The summed E-state index contributed by atoms with van der Waals surface area (Å²) >= 11 is 0. The van der Waals surface area contributed by atoms with E-state index in [2.05, 4.69) is 4.98 Å². The molecule has 0 aliphatic carbocycles. The predicted octanol–water partition coefficient (Wildman–Crippen LogP) is 1.43. The fourth-order valence-corrected chi connectivity index (χ4v) is 0.944. The Bertz CT molecular complexity index is 266. The summed E-state index contributed by atoms with van der Waals surface area (Å²) < 4.78 is 30.3. The molecule has 0 spiro atoms. The smallest absolute Gasteiger partial charge is 0.150 e. The Balaban J connectivity index is 2.48. The van der Waals surface area contributed by atoms with E-state index in [0.29, 0.717) is 6.61 Å². The molecule has 1 aromatic heterocycles. The molecule has 1 aliphatic rings. The van der Waals surface area contributed by atoms with Crippen molar-refractivity contribution in [3.8, 4) is 0 Å². The zero-order chi connectivity index (χ0) is 7.84. The molecule has 1 atom stereocenters. The molecule has 1 saturated heterocycles. The molecular formula is C7H5F2NO. The van der Waals surface area contributed by atoms with Crippen LogP contribution in [0.4, 0.5) is 8.78 Å². The van der Waals surface area contributed by atoms with Crippen LogP contribution in [0.2, 0.25) is 0 Å². The maximum atomic E-state index is 12.8. The maximum Gasteiger partial charge on any atom is 0.150 e. The fourth-order valence-electron chi connectivity index (χ4n) is 0.944. The van der Waals surface area contributed by atoms with Crippen molar-refractivity contribution in [2.24, 2.45) is 0 Å². The van der Waals surface area contributed by atoms with E-state index in [0.717, 1.165) is 12.4 Å². The van der Waals surface area contributed by atoms with Gasteiger partial charge in [-0.15, -0.1) is 0 Å². The van der Waals surface area contributed by atoms with Gasteiger partial charge in [0.2, 0.25) is 0 Å². The second-order valence-electron chi connectivity index (χ2n) is 2.34. The van der Waals surface area contributed by atoms with Crippen molar-refractivity contribution in [3.05, 3.63) is 29.6 Å². The van der Waals surface area contributed by atoms with Gasteiger partial charge in [0, 0.05) is 0 Å². The van der Waals surface area contributed by atoms with Crippen molar-refractivity contribution in [2.45, 2.75) is 6.10 Å². The maximum absolute atomic E-state index is 12.8. The largest absolute Gasteiger partial charge is 0.368 e. The van der Waals surface area contributed by atoms with Crippen molar-refractivity contribution in [3.63, 3.8) is 0 Å². The number of nitrogens with zero attached hydrogens (tertiary/aromatic N) is 1. The Morgan fingerprint density at radius 1 is 1.36 bits per heavy atom. The fraction of sp³-hybridized carbons (Fsp3) is 0.286. The first-order valence-corrected chi connectivity index (χ1v) is 3.19. The van der Waals surface area contributed by atoms with E-state index in [9.17, 15) is 8.78 Å². The standard InChI is InChI=1S/C7H5F2NO/c8-4-1-10-2-5(9)7(4)6-3-11-6/h1-2,6H,3H2. The lowest BCUT2D eigenvalue weighted by Crippen LogP contribution is -1.94. The number of rotatable bonds is 1. The van der Waals surface area contributed by atoms with Gasteiger partial charge in [0.05, 0.1) is 24.6 Å². The predicted molar refractivity (Wildman–Crippen MR) is 32.8 cm³/mol. The second-order valence-corrected chi connectivity index (χ2v) is 2.34. The van der Waals surface area contributed by atoms with Crippen LogP contribution in [-0.4, -0.2) is 11.6 Å². The van der Waals surface area contributed by atoms with Crippen LogP contribution in [0.5, 0.6) is 0 Å². The number of aromatic nitrogens is 1. The SMILES string of the molecule is Fc1cncc(F)c1C1CO1. The molecule has 0 saturated carbocycles. The first kappa shape index (κ1) is 6.67. The van der Waals surface area contributed by atoms with Crippen molar-refractivity contribution in [2.75, 3.05) is 6.61 Å². The third-order valence-corrected chi connectivity index (χ3v) is 1.55. The van der Waals surface area contributed by atoms with Crippen LogP contribution in [0.1, 0.15) is 11.7 Å². The van der Waals surface area contributed by atoms with Gasteiger partial charge in [-0.2, -0.15) is 0 Å². The normalized spacial score (nSPS) is 21.8. The van der Waals surface area contributed by atoms with E-state index in [1.165, 1.54) is 0 Å². The van der Waals surface area contributed by atoms with Gasteiger partial charge in [0.1, 0.15) is 17.7 Å². The van der Waals surface area contributed by atoms with E-state index >= 15 is 0 Å². The lowest BCUT2D eigenvalue weighted by Gasteiger charge is -1.97. The highest BCUT2D eigenvalue weighted by Crippen LogP contribution is 2.32. The molecule has 2 rings (SSSR count). The molecule has 11 heavy (non-hydrogen) atoms. The Labute approximate surface area is 61.8 Å². The number of epoxide rings is 1. The Kier molecular flexibility index (Phi) is 1.35. The molecule has 0 amide bonds. The van der Waals surface area contributed by atoms with Crippen LogP contribution in [-0.2, 0) is 4.74 Å². The zero-order valence-corrected chi connectivity index (χ0v) is 5.55. The monoisotopic (exact) mass is 157 g/mol. The lowest BCUT2D eigenvalue weighted by molar-refractivity contribution is 0.396. The molecule has 0 radical (unpaired) electrons. The Hall–Kier alpha value is -1.03. The number of hydrogen-bond donors (Lipinski definition) is 0. The minimum Gasteiger partial charge on any atom is -0.368 e. The third-order valence-electron chi connectivity index (χ3n) is 1.55. The summed E-state index contributed by atoms with van der Waals surface area (Å²) in [6, 6.07) is 0. The number of ether oxygens (including phenoxy) is 1. The molecule has 58 valence electrons. The highest BCUT2D eigenvalue weighted by molar-refractivity contribution is 5.20. The number of hydrogen-bond acceptors (Lipinski definition) is 2. The van der Waals surface area contributed by atoms with Gasteiger partial charge in [-0.05, 0) is 0 Å². The van der Waals surface area contributed by atoms with Crippen molar-refractivity contribution in [1.82, 2.24) is 4.98 Å². The first-order valence-electron chi connectivity index (χ1n) is 3.19. The Morgan fingerprint density at radius 3 is 2.36 bits per heavy atom. The molecule has 1 aromatic rings. The van der Waals surface area contributed by atoms with E-state index in [-0.39, 0.29) is 5.56 Å². The average Bonchev–Trinajstić information content (AvgIpc) is 2.70. The Morgan fingerprint density at radius 2 is 1.91 bits per heavy atom. The van der Waals surface area contributed by atoms with E-state index in [1.807, 2.05) is 0 Å².